The molecule has 0 unspecified atom stereocenters. The number of nitrogens with one attached hydrogen (secondary N) is 1. The molecule has 5 aromatic rings. The number of aryl methyl sites for hydroxylation is 3. The number of carbonyl (C=O) groups excluding carboxylic acids is 4. The zero-order chi connectivity index (χ0) is 50.6. The number of nitrogens with zero attached hydrogens (tertiary/aromatic N) is 6. The number of benzene rings is 4. The Morgan fingerprint density at radius 2 is 1.66 bits per heavy atom. The normalized spacial score (nSPS) is 17.8. The molecule has 1 aromatic heterocycles. The molecule has 0 saturated carbocycles. The van der Waals surface area contributed by atoms with Gasteiger partial charge in [-0.05, 0) is 135 Å². The molecule has 2 N–H and O–H groups in total. The highest BCUT2D eigenvalue weighted by Gasteiger charge is 2.50. The standard InChI is InChI=1S/C55H61N7O7S2/c1-34(2)48(52(66)59-32-43(63)29-47(59)50(64)57-30-38-12-15-39(16-13-38)49-36(4)58-33-71-49)60-31-40-28-37(14-22-45(40)51(60)65)11-8-9-24-68-25-10-26-69-44-20-17-41(18-21-44)62-54(70)61(53(67)55(62,5)6)42-19-23-46(56-7)35(3)27-42/h12-23,27-28,33-34,43,47-48,63H,8-11,24-26,29-32H2,1-6H3,(H,57,64)/t43-,47+,48+/m1/s1. The lowest BCUT2D eigenvalue weighted by Gasteiger charge is -2.35. The molecule has 4 aromatic carbocycles. The SMILES string of the molecule is [C-]#[N+]c1ccc(N2C(=O)C(C)(C)N(c3ccc(OCCCOCCCCc4ccc5c(c4)CN([C@H](C(=O)N4C[C@H](O)C[C@H]4C(=O)NCc4ccc(-c6scnc6C)cc4)C(C)C)C5=O)cc3)C2=S)cc1C. The number of fused-ring (bicyclic) bond motifs is 1. The average molecular weight is 996 g/mol. The molecule has 0 spiro atoms. The summed E-state index contributed by atoms with van der Waals surface area (Å²) in [6.45, 7) is 20.9. The predicted molar refractivity (Wildman–Crippen MR) is 280 cm³/mol. The molecule has 4 amide bonds. The summed E-state index contributed by atoms with van der Waals surface area (Å²) in [6, 6.07) is 25.0. The van der Waals surface area contributed by atoms with Gasteiger partial charge in [-0.1, -0.05) is 56.3 Å². The van der Waals surface area contributed by atoms with Crippen molar-refractivity contribution in [2.45, 2.75) is 110 Å². The van der Waals surface area contributed by atoms with Gasteiger partial charge in [0.15, 0.2) is 10.8 Å². The van der Waals surface area contributed by atoms with Crippen molar-refractivity contribution < 1.29 is 33.8 Å². The molecule has 3 aliphatic rings. The van der Waals surface area contributed by atoms with Gasteiger partial charge in [-0.25, -0.2) is 9.83 Å². The highest BCUT2D eigenvalue weighted by atomic mass is 32.1. The smallest absolute Gasteiger partial charge is 0.259 e. The van der Waals surface area contributed by atoms with Crippen LogP contribution in [0.1, 0.15) is 91.7 Å². The van der Waals surface area contributed by atoms with Crippen LogP contribution in [0.4, 0.5) is 17.1 Å². The number of hydrogen-bond acceptors (Lipinski definition) is 10. The summed E-state index contributed by atoms with van der Waals surface area (Å²) in [5, 5.41) is 14.1. The largest absolute Gasteiger partial charge is 0.494 e. The summed E-state index contributed by atoms with van der Waals surface area (Å²) in [5.41, 5.74) is 9.15. The first-order valence-corrected chi connectivity index (χ1v) is 25.5. The van der Waals surface area contributed by atoms with Crippen molar-refractivity contribution in [1.29, 1.82) is 0 Å². The van der Waals surface area contributed by atoms with E-state index in [4.69, 9.17) is 28.3 Å². The number of thiazole rings is 1. The van der Waals surface area contributed by atoms with Gasteiger partial charge in [0.1, 0.15) is 23.4 Å². The fourth-order valence-electron chi connectivity index (χ4n) is 9.73. The van der Waals surface area contributed by atoms with Crippen LogP contribution in [0.15, 0.2) is 90.4 Å². The molecule has 370 valence electrons. The summed E-state index contributed by atoms with van der Waals surface area (Å²) in [4.78, 5) is 70.9. The number of aliphatic hydroxyl groups is 1. The van der Waals surface area contributed by atoms with E-state index in [-0.39, 0.29) is 49.1 Å². The van der Waals surface area contributed by atoms with Crippen LogP contribution in [0.3, 0.4) is 0 Å². The quantitative estimate of drug-likeness (QED) is 0.0467. The number of unbranched alkanes of at least 4 members (excludes halogenated alkanes) is 1. The number of β-amino-alcohol motifs (C(OH)–C–C–N with tert-alkyl or cyclic N) is 1. The minimum Gasteiger partial charge on any atom is -0.494 e. The van der Waals surface area contributed by atoms with E-state index in [1.807, 2.05) is 119 Å². The van der Waals surface area contributed by atoms with Crippen LogP contribution in [0, 0.1) is 26.3 Å². The van der Waals surface area contributed by atoms with E-state index in [0.29, 0.717) is 60.6 Å². The lowest BCUT2D eigenvalue weighted by Crippen LogP contribution is -2.55. The first kappa shape index (κ1) is 50.9. The monoisotopic (exact) mass is 995 g/mol. The van der Waals surface area contributed by atoms with Gasteiger partial charge in [-0.15, -0.1) is 11.3 Å². The zero-order valence-electron chi connectivity index (χ0n) is 41.1. The van der Waals surface area contributed by atoms with Gasteiger partial charge in [-0.3, -0.25) is 24.1 Å². The number of hydrogen-bond donors (Lipinski definition) is 2. The van der Waals surface area contributed by atoms with Crippen molar-refractivity contribution in [1.82, 2.24) is 20.1 Å². The Hall–Kier alpha value is -6.51. The minimum absolute atomic E-state index is 0.0260. The van der Waals surface area contributed by atoms with Crippen LogP contribution in [0.2, 0.25) is 0 Å². The third-order valence-corrected chi connectivity index (χ3v) is 14.9. The minimum atomic E-state index is -0.916. The molecule has 14 nitrogen and oxygen atoms in total. The zero-order valence-corrected chi connectivity index (χ0v) is 42.8. The van der Waals surface area contributed by atoms with Crippen LogP contribution in [0.25, 0.3) is 15.3 Å². The summed E-state index contributed by atoms with van der Waals surface area (Å²) in [5.74, 6) is -0.548. The van der Waals surface area contributed by atoms with Crippen LogP contribution in [0.5, 0.6) is 5.75 Å². The Kier molecular flexibility index (Phi) is 15.7. The van der Waals surface area contributed by atoms with Crippen molar-refractivity contribution in [2.24, 2.45) is 5.92 Å². The van der Waals surface area contributed by atoms with Crippen molar-refractivity contribution in [2.75, 3.05) is 36.2 Å². The first-order valence-electron chi connectivity index (χ1n) is 24.2. The van der Waals surface area contributed by atoms with Gasteiger partial charge >= 0.3 is 0 Å². The van der Waals surface area contributed by atoms with Crippen LogP contribution in [-0.2, 0) is 38.6 Å². The van der Waals surface area contributed by atoms with Crippen molar-refractivity contribution in [3.63, 3.8) is 0 Å². The van der Waals surface area contributed by atoms with E-state index in [2.05, 4.69) is 21.2 Å². The van der Waals surface area contributed by atoms with Gasteiger partial charge in [-0.2, -0.15) is 0 Å². The van der Waals surface area contributed by atoms with Gasteiger partial charge in [0, 0.05) is 62.6 Å². The number of aliphatic hydroxyl groups excluding tert-OH is 1. The van der Waals surface area contributed by atoms with Crippen LogP contribution in [-0.4, -0.2) is 98.7 Å². The molecule has 0 aliphatic carbocycles. The molecule has 3 aliphatic heterocycles. The van der Waals surface area contributed by atoms with E-state index in [0.717, 1.165) is 63.3 Å². The number of likely N-dealkylation sites (tertiary alicyclic amines) is 1. The predicted octanol–water partition coefficient (Wildman–Crippen LogP) is 8.96. The Morgan fingerprint density at radius 3 is 2.35 bits per heavy atom. The number of carbonyl (C=O) groups is 4. The number of ether oxygens (including phenoxy) is 2. The molecular formula is C55H61N7O7S2. The van der Waals surface area contributed by atoms with Gasteiger partial charge in [0.2, 0.25) is 11.8 Å². The Balaban J connectivity index is 0.757. The number of thiocarbonyl (C=S) groups is 1. The van der Waals surface area contributed by atoms with Crippen molar-refractivity contribution >= 4 is 69.4 Å². The van der Waals surface area contributed by atoms with E-state index < -0.39 is 23.7 Å². The topological polar surface area (TPSA) is 149 Å². The van der Waals surface area contributed by atoms with Gasteiger partial charge < -0.3 is 34.6 Å². The van der Waals surface area contributed by atoms with E-state index >= 15 is 0 Å². The number of amides is 4. The molecule has 2 saturated heterocycles. The molecule has 2 fully saturated rings. The number of aromatic nitrogens is 1. The fourth-order valence-corrected chi connectivity index (χ4v) is 11.1. The molecule has 0 bridgehead atoms. The maximum atomic E-state index is 14.3. The molecular weight excluding hydrogens is 935 g/mol. The number of anilines is 2. The number of rotatable bonds is 19. The average Bonchev–Trinajstić information content (AvgIpc) is 4.09. The Labute approximate surface area is 425 Å². The Bertz CT molecular complexity index is 2840. The summed E-state index contributed by atoms with van der Waals surface area (Å²) >= 11 is 7.42. The maximum Gasteiger partial charge on any atom is 0.259 e. The lowest BCUT2D eigenvalue weighted by molar-refractivity contribution is -0.143. The molecule has 71 heavy (non-hydrogen) atoms. The second kappa shape index (κ2) is 21.9. The molecule has 3 atom stereocenters. The molecule has 4 heterocycles. The highest BCUT2D eigenvalue weighted by molar-refractivity contribution is 7.81. The first-order chi connectivity index (χ1) is 34.1. The second-order valence-corrected chi connectivity index (χ2v) is 20.6. The Morgan fingerprint density at radius 1 is 0.944 bits per heavy atom. The second-order valence-electron chi connectivity index (χ2n) is 19.4. The maximum absolute atomic E-state index is 14.3. The fraction of sp³-hybridized carbons (Fsp3) is 0.400. The van der Waals surface area contributed by atoms with Gasteiger partial charge in [0.05, 0.1) is 35.4 Å². The molecule has 0 radical (unpaired) electrons. The summed E-state index contributed by atoms with van der Waals surface area (Å²) in [7, 11) is 0. The molecule has 16 heteroatoms. The third-order valence-electron chi connectivity index (χ3n) is 13.5. The van der Waals surface area contributed by atoms with Gasteiger partial charge in [0.25, 0.3) is 11.8 Å². The highest BCUT2D eigenvalue weighted by Crippen LogP contribution is 2.38. The van der Waals surface area contributed by atoms with E-state index in [1.165, 1.54) is 9.80 Å². The summed E-state index contributed by atoms with van der Waals surface area (Å²) in [6.07, 6.45) is 2.58. The lowest BCUT2D eigenvalue weighted by atomic mass is 10.0. The molecule has 8 rings (SSSR count). The van der Waals surface area contributed by atoms with Crippen molar-refractivity contribution in [3.05, 3.63) is 135 Å². The van der Waals surface area contributed by atoms with Crippen LogP contribution < -0.4 is 19.9 Å². The van der Waals surface area contributed by atoms with Crippen molar-refractivity contribution in [3.8, 4) is 16.2 Å². The van der Waals surface area contributed by atoms with Crippen LogP contribution >= 0.6 is 23.6 Å². The third kappa shape index (κ3) is 10.9. The van der Waals surface area contributed by atoms with E-state index in [1.54, 1.807) is 28.4 Å². The summed E-state index contributed by atoms with van der Waals surface area (Å²) < 4.78 is 11.9. The van der Waals surface area contributed by atoms with E-state index in [9.17, 15) is 24.3 Å².